The maximum absolute atomic E-state index is 14.4. The minimum atomic E-state index is -3.43. The van der Waals surface area contributed by atoms with Gasteiger partial charge in [-0.1, -0.05) is 13.0 Å². The zero-order chi connectivity index (χ0) is 20.6. The third-order valence-electron chi connectivity index (χ3n) is 5.09. The maximum Gasteiger partial charge on any atom is 0.281 e. The van der Waals surface area contributed by atoms with Gasteiger partial charge in [-0.2, -0.15) is 10.5 Å². The molecule has 0 heterocycles. The number of benzene rings is 2. The number of alkyl halides is 3. The third kappa shape index (κ3) is 3.23. The van der Waals surface area contributed by atoms with Crippen molar-refractivity contribution in [2.75, 3.05) is 0 Å². The first-order chi connectivity index (χ1) is 13.2. The average molecular weight is 388 g/mol. The number of halogens is 4. The Morgan fingerprint density at radius 2 is 1.89 bits per heavy atom. The lowest BCUT2D eigenvalue weighted by atomic mass is 9.88. The average Bonchev–Trinajstić information content (AvgIpc) is 2.92. The highest BCUT2D eigenvalue weighted by molar-refractivity contribution is 5.55. The van der Waals surface area contributed by atoms with Gasteiger partial charge in [-0.15, -0.1) is 0 Å². The molecule has 3 rings (SSSR count). The Bertz CT molecular complexity index is 1020. The Morgan fingerprint density at radius 3 is 2.50 bits per heavy atom. The van der Waals surface area contributed by atoms with Crippen LogP contribution in [0.15, 0.2) is 24.3 Å². The molecule has 2 aromatic carbocycles. The minimum Gasteiger partial charge on any atom is -0.382 e. The number of hydrogen-bond donors (Lipinski definition) is 1. The molecule has 0 spiro atoms. The predicted molar refractivity (Wildman–Crippen MR) is 92.8 cm³/mol. The Balaban J connectivity index is 2.18. The molecule has 0 saturated carbocycles. The topological polar surface area (TPSA) is 67.8 Å². The van der Waals surface area contributed by atoms with Gasteiger partial charge in [0.15, 0.2) is 0 Å². The van der Waals surface area contributed by atoms with Crippen molar-refractivity contribution in [3.8, 4) is 12.1 Å². The summed E-state index contributed by atoms with van der Waals surface area (Å²) in [5, 5.41) is 28.5. The molecule has 0 fully saturated rings. The van der Waals surface area contributed by atoms with Crippen molar-refractivity contribution in [3.63, 3.8) is 0 Å². The molecule has 0 aromatic heterocycles. The smallest absolute Gasteiger partial charge is 0.281 e. The van der Waals surface area contributed by atoms with E-state index in [9.17, 15) is 33.2 Å². The first-order valence-electron chi connectivity index (χ1n) is 8.70. The van der Waals surface area contributed by atoms with Crippen LogP contribution in [0.4, 0.5) is 17.6 Å². The van der Waals surface area contributed by atoms with Gasteiger partial charge in [-0.3, -0.25) is 0 Å². The second-order valence-corrected chi connectivity index (χ2v) is 6.80. The van der Waals surface area contributed by atoms with E-state index in [4.69, 9.17) is 0 Å². The number of aliphatic hydroxyl groups is 1. The van der Waals surface area contributed by atoms with Crippen LogP contribution < -0.4 is 0 Å². The molecular formula is C21H16F4N2O. The number of rotatable bonds is 4. The summed E-state index contributed by atoms with van der Waals surface area (Å²) in [6.07, 6.45) is -4.42. The van der Waals surface area contributed by atoms with Gasteiger partial charge in [-0.05, 0) is 53.3 Å². The lowest BCUT2D eigenvalue weighted by molar-refractivity contribution is -0.0969. The highest BCUT2D eigenvalue weighted by atomic mass is 19.3. The van der Waals surface area contributed by atoms with Crippen molar-refractivity contribution in [2.45, 2.75) is 44.4 Å². The molecule has 2 aromatic rings. The molecule has 1 aliphatic rings. The molecule has 28 heavy (non-hydrogen) atoms. The fourth-order valence-corrected chi connectivity index (χ4v) is 3.68. The first-order valence-corrected chi connectivity index (χ1v) is 8.70. The highest BCUT2D eigenvalue weighted by Gasteiger charge is 2.48. The molecular weight excluding hydrogens is 372 g/mol. The van der Waals surface area contributed by atoms with Gasteiger partial charge in [0.25, 0.3) is 5.92 Å². The number of aliphatic hydroxyl groups excluding tert-OH is 1. The summed E-state index contributed by atoms with van der Waals surface area (Å²) in [5.74, 6) is -4.18. The van der Waals surface area contributed by atoms with E-state index < -0.39 is 30.4 Å². The molecule has 1 N–H and O–H groups in total. The zero-order valence-electron chi connectivity index (χ0n) is 14.9. The molecule has 0 aliphatic heterocycles. The second kappa shape index (κ2) is 7.26. The van der Waals surface area contributed by atoms with E-state index in [2.05, 4.69) is 0 Å². The molecule has 3 nitrogen and oxygen atoms in total. The van der Waals surface area contributed by atoms with E-state index >= 15 is 0 Å². The summed E-state index contributed by atoms with van der Waals surface area (Å²) in [6.45, 7) is 1.57. The summed E-state index contributed by atoms with van der Waals surface area (Å²) in [5.41, 5.74) is 0.409. The molecule has 2 atom stereocenters. The van der Waals surface area contributed by atoms with Gasteiger partial charge in [0.1, 0.15) is 18.1 Å². The van der Waals surface area contributed by atoms with Gasteiger partial charge >= 0.3 is 0 Å². The van der Waals surface area contributed by atoms with E-state index in [1.54, 1.807) is 13.0 Å². The van der Waals surface area contributed by atoms with Crippen LogP contribution in [0.1, 0.15) is 64.6 Å². The Hall–Kier alpha value is -2.90. The van der Waals surface area contributed by atoms with Gasteiger partial charge in [-0.25, -0.2) is 17.6 Å². The lowest BCUT2D eigenvalue weighted by Gasteiger charge is -2.17. The van der Waals surface area contributed by atoms with E-state index in [1.165, 1.54) is 12.1 Å². The van der Waals surface area contributed by atoms with Crippen LogP contribution in [0.3, 0.4) is 0 Å². The van der Waals surface area contributed by atoms with Crippen molar-refractivity contribution in [1.82, 2.24) is 0 Å². The van der Waals surface area contributed by atoms with E-state index in [0.29, 0.717) is 5.56 Å². The standard InChI is InChI=1S/C21H16F4N2O/c1-2-18(23)16-7-14(22)5-13(10-27)15(16)6-11-3-4-12(9-26)19-17(11)8-21(24,25)20(19)28/h3-5,7,18,20,28H,2,6,8H2,1H3. The van der Waals surface area contributed by atoms with Crippen LogP contribution in [0.5, 0.6) is 0 Å². The van der Waals surface area contributed by atoms with E-state index in [1.807, 2.05) is 6.07 Å². The molecule has 0 bridgehead atoms. The summed E-state index contributed by atoms with van der Waals surface area (Å²) in [7, 11) is 0. The zero-order valence-corrected chi connectivity index (χ0v) is 14.9. The normalized spacial score (nSPS) is 18.2. The maximum atomic E-state index is 14.4. The number of nitrogens with zero attached hydrogens (tertiary/aromatic N) is 2. The monoisotopic (exact) mass is 388 g/mol. The predicted octanol–water partition coefficient (Wildman–Crippen LogP) is 4.81. The van der Waals surface area contributed by atoms with Crippen molar-refractivity contribution < 1.29 is 22.7 Å². The SMILES string of the molecule is CCC(F)c1cc(F)cc(C#N)c1Cc1ccc(C#N)c2c1CC(F)(F)C2O. The summed E-state index contributed by atoms with van der Waals surface area (Å²) in [6, 6.07) is 8.40. The number of hydrogen-bond acceptors (Lipinski definition) is 3. The summed E-state index contributed by atoms with van der Waals surface area (Å²) in [4.78, 5) is 0. The molecule has 0 radical (unpaired) electrons. The van der Waals surface area contributed by atoms with Gasteiger partial charge in [0, 0.05) is 12.0 Å². The van der Waals surface area contributed by atoms with E-state index in [0.717, 1.165) is 12.1 Å². The van der Waals surface area contributed by atoms with E-state index in [-0.39, 0.29) is 46.2 Å². The van der Waals surface area contributed by atoms with Crippen LogP contribution in [0.2, 0.25) is 0 Å². The largest absolute Gasteiger partial charge is 0.382 e. The third-order valence-corrected chi connectivity index (χ3v) is 5.09. The quantitative estimate of drug-likeness (QED) is 0.765. The second-order valence-electron chi connectivity index (χ2n) is 6.80. The van der Waals surface area contributed by atoms with Gasteiger partial charge < -0.3 is 5.11 Å². The molecule has 0 saturated heterocycles. The van der Waals surface area contributed by atoms with Gasteiger partial charge in [0.2, 0.25) is 0 Å². The highest BCUT2D eigenvalue weighted by Crippen LogP contribution is 2.46. The fourth-order valence-electron chi connectivity index (χ4n) is 3.68. The molecule has 1 aliphatic carbocycles. The van der Waals surface area contributed by atoms with Crippen molar-refractivity contribution in [2.24, 2.45) is 0 Å². The Labute approximate surface area is 159 Å². The Morgan fingerprint density at radius 1 is 1.21 bits per heavy atom. The molecule has 0 amide bonds. The van der Waals surface area contributed by atoms with Crippen LogP contribution in [-0.4, -0.2) is 11.0 Å². The van der Waals surface area contributed by atoms with Crippen molar-refractivity contribution in [1.29, 1.82) is 10.5 Å². The molecule has 7 heteroatoms. The fraction of sp³-hybridized carbons (Fsp3) is 0.333. The van der Waals surface area contributed by atoms with Crippen molar-refractivity contribution in [3.05, 3.63) is 69.0 Å². The summed E-state index contributed by atoms with van der Waals surface area (Å²) < 4.78 is 56.4. The number of fused-ring (bicyclic) bond motifs is 1. The van der Waals surface area contributed by atoms with Crippen LogP contribution in [0, 0.1) is 28.5 Å². The van der Waals surface area contributed by atoms with Gasteiger partial charge in [0.05, 0.1) is 23.3 Å². The van der Waals surface area contributed by atoms with Crippen LogP contribution >= 0.6 is 0 Å². The van der Waals surface area contributed by atoms with Crippen LogP contribution in [0.25, 0.3) is 0 Å². The summed E-state index contributed by atoms with van der Waals surface area (Å²) >= 11 is 0. The molecule has 144 valence electrons. The first kappa shape index (κ1) is 19.9. The number of nitriles is 2. The van der Waals surface area contributed by atoms with Crippen LogP contribution in [-0.2, 0) is 12.8 Å². The lowest BCUT2D eigenvalue weighted by Crippen LogP contribution is -2.21. The Kier molecular flexibility index (Phi) is 5.14. The molecule has 2 unspecified atom stereocenters. The van der Waals surface area contributed by atoms with Crippen molar-refractivity contribution >= 4 is 0 Å². The minimum absolute atomic E-state index is 0.00228.